The molecule has 11 nitrogen and oxygen atoms in total. The Hall–Kier alpha value is -4.51. The number of nitriles is 1. The summed E-state index contributed by atoms with van der Waals surface area (Å²) in [6.45, 7) is 0. The van der Waals surface area contributed by atoms with Crippen LogP contribution in [-0.4, -0.2) is 21.9 Å². The minimum atomic E-state index is -0.766. The molecule has 0 aliphatic heterocycles. The fraction of sp³-hybridized carbons (Fsp3) is 0.0435. The number of allylic oxidation sites excluding steroid dienone is 1. The van der Waals surface area contributed by atoms with Crippen LogP contribution in [0, 0.1) is 35.1 Å². The Kier molecular flexibility index (Phi) is 6.60. The molecule has 35 heavy (non-hydrogen) atoms. The molecular weight excluding hydrogens is 571 g/mol. The van der Waals surface area contributed by atoms with Gasteiger partial charge in [0.2, 0.25) is 11.6 Å². The second kappa shape index (κ2) is 9.77. The SMILES string of the molecule is COc1cc(/C=C(\C#N)c2nc3ccccc3o2)cc(I)c1Oc1ccc([N+](=O)[O-])cc1[N+](=O)[O-]. The molecule has 1 heterocycles. The van der Waals surface area contributed by atoms with Gasteiger partial charge in [0, 0.05) is 6.07 Å². The van der Waals surface area contributed by atoms with Crippen molar-refractivity contribution in [3.63, 3.8) is 0 Å². The van der Waals surface area contributed by atoms with Crippen molar-refractivity contribution < 1.29 is 23.7 Å². The van der Waals surface area contributed by atoms with Crippen molar-refractivity contribution in [2.45, 2.75) is 0 Å². The van der Waals surface area contributed by atoms with Gasteiger partial charge < -0.3 is 13.9 Å². The van der Waals surface area contributed by atoms with Crippen LogP contribution in [0.25, 0.3) is 22.7 Å². The number of oxazole rings is 1. The highest BCUT2D eigenvalue weighted by molar-refractivity contribution is 14.1. The number of methoxy groups -OCH3 is 1. The molecule has 0 saturated heterocycles. The van der Waals surface area contributed by atoms with Crippen molar-refractivity contribution >= 4 is 56.7 Å². The molecule has 0 fully saturated rings. The molecule has 3 aromatic carbocycles. The standard InChI is InChI=1S/C23H13IN4O7/c1-33-21-10-13(8-14(12-25)23-26-17-4-2-3-5-19(17)35-23)9-16(24)22(21)34-20-7-6-15(27(29)30)11-18(20)28(31)32/h2-11H,1H3/b14-8+. The van der Waals surface area contributed by atoms with E-state index in [2.05, 4.69) is 11.1 Å². The van der Waals surface area contributed by atoms with Crippen LogP contribution in [-0.2, 0) is 0 Å². The second-order valence-corrected chi connectivity index (χ2v) is 8.12. The van der Waals surface area contributed by atoms with Gasteiger partial charge in [0.25, 0.3) is 5.69 Å². The quantitative estimate of drug-likeness (QED) is 0.108. The Morgan fingerprint density at radius 3 is 2.54 bits per heavy atom. The maximum Gasteiger partial charge on any atom is 0.318 e. The molecule has 0 unspecified atom stereocenters. The van der Waals surface area contributed by atoms with Crippen LogP contribution in [0.1, 0.15) is 11.5 Å². The van der Waals surface area contributed by atoms with Crippen molar-refractivity contribution in [2.24, 2.45) is 0 Å². The minimum absolute atomic E-state index is 0.157. The molecule has 0 aliphatic carbocycles. The summed E-state index contributed by atoms with van der Waals surface area (Å²) in [5.41, 5.74) is 0.904. The third-order valence-electron chi connectivity index (χ3n) is 4.77. The van der Waals surface area contributed by atoms with E-state index in [9.17, 15) is 25.5 Å². The van der Waals surface area contributed by atoms with E-state index in [1.54, 1.807) is 36.4 Å². The predicted molar refractivity (Wildman–Crippen MR) is 133 cm³/mol. The zero-order valence-corrected chi connectivity index (χ0v) is 20.0. The van der Waals surface area contributed by atoms with Gasteiger partial charge in [-0.05, 0) is 64.6 Å². The Balaban J connectivity index is 1.73. The van der Waals surface area contributed by atoms with E-state index in [0.717, 1.165) is 18.2 Å². The first-order valence-corrected chi connectivity index (χ1v) is 10.8. The molecule has 0 atom stereocenters. The van der Waals surface area contributed by atoms with Gasteiger partial charge in [-0.3, -0.25) is 20.2 Å². The molecule has 0 spiro atoms. The number of fused-ring (bicyclic) bond motifs is 1. The molecule has 0 saturated carbocycles. The fourth-order valence-electron chi connectivity index (χ4n) is 3.18. The number of aromatic nitrogens is 1. The van der Waals surface area contributed by atoms with Gasteiger partial charge in [-0.15, -0.1) is 0 Å². The molecule has 0 bridgehead atoms. The number of halogens is 1. The number of benzene rings is 3. The van der Waals surface area contributed by atoms with E-state index in [-0.39, 0.29) is 28.7 Å². The first kappa shape index (κ1) is 23.6. The number of hydrogen-bond acceptors (Lipinski definition) is 9. The van der Waals surface area contributed by atoms with Crippen molar-refractivity contribution in [1.29, 1.82) is 5.26 Å². The van der Waals surface area contributed by atoms with Crippen molar-refractivity contribution in [3.8, 4) is 23.3 Å². The topological polar surface area (TPSA) is 155 Å². The summed E-state index contributed by atoms with van der Waals surface area (Å²) in [6, 6.07) is 15.5. The summed E-state index contributed by atoms with van der Waals surface area (Å²) in [5, 5.41) is 32.1. The van der Waals surface area contributed by atoms with Gasteiger partial charge in [-0.2, -0.15) is 5.26 Å². The normalized spacial score (nSPS) is 11.2. The number of ether oxygens (including phenoxy) is 2. The van der Waals surface area contributed by atoms with E-state index in [1.807, 2.05) is 28.7 Å². The smallest absolute Gasteiger partial charge is 0.318 e. The molecule has 0 aliphatic rings. The monoisotopic (exact) mass is 584 g/mol. The van der Waals surface area contributed by atoms with Crippen LogP contribution in [0.4, 0.5) is 11.4 Å². The number of nitro groups is 2. The van der Waals surface area contributed by atoms with E-state index in [1.165, 1.54) is 7.11 Å². The first-order chi connectivity index (χ1) is 16.8. The summed E-state index contributed by atoms with van der Waals surface area (Å²) in [7, 11) is 1.39. The van der Waals surface area contributed by atoms with E-state index in [4.69, 9.17) is 13.9 Å². The zero-order valence-electron chi connectivity index (χ0n) is 17.8. The third-order valence-corrected chi connectivity index (χ3v) is 5.57. The molecule has 174 valence electrons. The zero-order chi connectivity index (χ0) is 25.1. The largest absolute Gasteiger partial charge is 0.493 e. The second-order valence-electron chi connectivity index (χ2n) is 6.96. The Labute approximate surface area is 210 Å². The number of rotatable bonds is 7. The average Bonchev–Trinajstić information content (AvgIpc) is 3.27. The third kappa shape index (κ3) is 4.89. The van der Waals surface area contributed by atoms with E-state index in [0.29, 0.717) is 20.2 Å². The van der Waals surface area contributed by atoms with Crippen molar-refractivity contribution in [3.05, 3.63) is 89.9 Å². The molecule has 0 radical (unpaired) electrons. The lowest BCUT2D eigenvalue weighted by atomic mass is 10.1. The van der Waals surface area contributed by atoms with E-state index >= 15 is 0 Å². The predicted octanol–water partition coefficient (Wildman–Crippen LogP) is 6.11. The number of hydrogen-bond donors (Lipinski definition) is 0. The summed E-state index contributed by atoms with van der Waals surface area (Å²) in [6.07, 6.45) is 1.56. The van der Waals surface area contributed by atoms with Gasteiger partial charge in [0.1, 0.15) is 17.2 Å². The number of non-ortho nitro benzene ring substituents is 1. The van der Waals surface area contributed by atoms with Gasteiger partial charge >= 0.3 is 5.69 Å². The first-order valence-electron chi connectivity index (χ1n) is 9.76. The highest BCUT2D eigenvalue weighted by atomic mass is 127. The number of para-hydroxylation sites is 2. The number of nitrogens with zero attached hydrogens (tertiary/aromatic N) is 4. The van der Waals surface area contributed by atoms with Crippen LogP contribution in [0.5, 0.6) is 17.2 Å². The van der Waals surface area contributed by atoms with Crippen LogP contribution >= 0.6 is 22.6 Å². The lowest BCUT2D eigenvalue weighted by Gasteiger charge is -2.13. The maximum atomic E-state index is 11.5. The molecule has 4 rings (SSSR count). The molecule has 12 heteroatoms. The van der Waals surface area contributed by atoms with Gasteiger partial charge in [-0.25, -0.2) is 4.98 Å². The van der Waals surface area contributed by atoms with Crippen LogP contribution < -0.4 is 9.47 Å². The molecule has 1 aromatic heterocycles. The molecular formula is C23H13IN4O7. The summed E-state index contributed by atoms with van der Waals surface area (Å²) in [4.78, 5) is 25.3. The van der Waals surface area contributed by atoms with Crippen LogP contribution in [0.3, 0.4) is 0 Å². The minimum Gasteiger partial charge on any atom is -0.493 e. The molecule has 0 amide bonds. The van der Waals surface area contributed by atoms with Gasteiger partial charge in [-0.1, -0.05) is 12.1 Å². The van der Waals surface area contributed by atoms with Crippen molar-refractivity contribution in [1.82, 2.24) is 4.98 Å². The number of nitro benzene ring substituents is 2. The summed E-state index contributed by atoms with van der Waals surface area (Å²) < 4.78 is 17.4. The van der Waals surface area contributed by atoms with E-state index < -0.39 is 21.2 Å². The highest BCUT2D eigenvalue weighted by Crippen LogP contribution is 2.41. The molecule has 4 aromatic rings. The Morgan fingerprint density at radius 1 is 1.11 bits per heavy atom. The lowest BCUT2D eigenvalue weighted by molar-refractivity contribution is -0.394. The maximum absolute atomic E-state index is 11.5. The van der Waals surface area contributed by atoms with Crippen LogP contribution in [0.15, 0.2) is 59.0 Å². The summed E-state index contributed by atoms with van der Waals surface area (Å²) in [5.74, 6) is 0.363. The van der Waals surface area contributed by atoms with Crippen molar-refractivity contribution in [2.75, 3.05) is 7.11 Å². The Morgan fingerprint density at radius 2 is 1.89 bits per heavy atom. The average molecular weight is 584 g/mol. The fourth-order valence-corrected chi connectivity index (χ4v) is 3.91. The van der Waals surface area contributed by atoms with Crippen LogP contribution in [0.2, 0.25) is 0 Å². The highest BCUT2D eigenvalue weighted by Gasteiger charge is 2.23. The Bertz CT molecular complexity index is 1520. The lowest BCUT2D eigenvalue weighted by Crippen LogP contribution is -1.99. The van der Waals surface area contributed by atoms with Gasteiger partial charge in [0.15, 0.2) is 17.1 Å². The molecule has 0 N–H and O–H groups in total. The summed E-state index contributed by atoms with van der Waals surface area (Å²) >= 11 is 1.96. The van der Waals surface area contributed by atoms with Gasteiger partial charge in [0.05, 0.1) is 26.6 Å².